The molecule has 0 heterocycles. The number of carboxylic acid groups (broad SMARTS) is 1. The largest absolute Gasteiger partial charge is 0.480 e. The van der Waals surface area contributed by atoms with Gasteiger partial charge in [-0.15, -0.1) is 0 Å². The van der Waals surface area contributed by atoms with Crippen molar-refractivity contribution in [3.63, 3.8) is 0 Å². The molecule has 3 N–H and O–H groups in total. The van der Waals surface area contributed by atoms with E-state index >= 15 is 0 Å². The second-order valence-electron chi connectivity index (χ2n) is 1.80. The van der Waals surface area contributed by atoms with E-state index in [9.17, 15) is 4.79 Å². The van der Waals surface area contributed by atoms with Gasteiger partial charge in [0.15, 0.2) is 0 Å². The summed E-state index contributed by atoms with van der Waals surface area (Å²) in [5, 5.41) is 8.28. The summed E-state index contributed by atoms with van der Waals surface area (Å²) in [6.07, 6.45) is -0.428. The number of carbonyl (C=O) groups is 1. The monoisotopic (exact) mass is 133 g/mol. The van der Waals surface area contributed by atoms with E-state index in [4.69, 9.17) is 10.8 Å². The molecule has 4 nitrogen and oxygen atoms in total. The fourth-order valence-electron chi connectivity index (χ4n) is 0.347. The Morgan fingerprint density at radius 3 is 2.33 bits per heavy atom. The Hall–Kier alpha value is -0.610. The molecule has 0 fully saturated rings. The Labute approximate surface area is 53.6 Å². The molecule has 0 aliphatic rings. The van der Waals surface area contributed by atoms with Crippen LogP contribution in [-0.4, -0.2) is 30.3 Å². The van der Waals surface area contributed by atoms with Gasteiger partial charge in [-0.2, -0.15) is 0 Å². The molecular weight excluding hydrogens is 122 g/mol. The molecular formula is C5H11NO3. The van der Waals surface area contributed by atoms with Crippen molar-refractivity contribution in [1.29, 1.82) is 0 Å². The van der Waals surface area contributed by atoms with Crippen LogP contribution in [0.15, 0.2) is 0 Å². The maximum absolute atomic E-state index is 10.1. The molecule has 1 unspecified atom stereocenters. The molecule has 0 aromatic carbocycles. The van der Waals surface area contributed by atoms with Gasteiger partial charge in [0.25, 0.3) is 0 Å². The van der Waals surface area contributed by atoms with Crippen LogP contribution < -0.4 is 5.73 Å². The first-order chi connectivity index (χ1) is 4.09. The molecule has 0 spiro atoms. The number of hydrogen-bond donors (Lipinski definition) is 2. The minimum absolute atomic E-state index is 0.428. The zero-order chi connectivity index (χ0) is 7.44. The summed E-state index contributed by atoms with van der Waals surface area (Å²) in [5.74, 6) is -1.04. The van der Waals surface area contributed by atoms with Crippen LogP contribution in [-0.2, 0) is 9.53 Å². The van der Waals surface area contributed by atoms with Crippen LogP contribution in [0.2, 0.25) is 0 Å². The molecule has 9 heavy (non-hydrogen) atoms. The van der Waals surface area contributed by atoms with E-state index in [-0.39, 0.29) is 0 Å². The second-order valence-corrected chi connectivity index (χ2v) is 1.80. The number of carboxylic acids is 1. The predicted molar refractivity (Wildman–Crippen MR) is 32.1 cm³/mol. The lowest BCUT2D eigenvalue weighted by molar-refractivity contribution is -0.141. The van der Waals surface area contributed by atoms with Crippen molar-refractivity contribution in [3.05, 3.63) is 0 Å². The standard InChI is InChI=1S/C5H11NO3/c1-3(9-2)4(6)5(7)8/h3-4H,6H2,1-2H3,(H,7,8)/t3?,4-/m0/s1. The molecule has 2 atom stereocenters. The van der Waals surface area contributed by atoms with E-state index in [0.717, 1.165) is 0 Å². The van der Waals surface area contributed by atoms with Gasteiger partial charge in [-0.25, -0.2) is 0 Å². The minimum atomic E-state index is -1.04. The van der Waals surface area contributed by atoms with Crippen molar-refractivity contribution >= 4 is 5.97 Å². The highest BCUT2D eigenvalue weighted by Crippen LogP contribution is 1.92. The summed E-state index contributed by atoms with van der Waals surface area (Å²) < 4.78 is 4.67. The van der Waals surface area contributed by atoms with Gasteiger partial charge in [-0.1, -0.05) is 0 Å². The molecule has 0 amide bonds. The number of aliphatic carboxylic acids is 1. The lowest BCUT2D eigenvalue weighted by Crippen LogP contribution is -2.40. The van der Waals surface area contributed by atoms with Crippen molar-refractivity contribution in [3.8, 4) is 0 Å². The van der Waals surface area contributed by atoms with Crippen molar-refractivity contribution < 1.29 is 14.6 Å². The SMILES string of the molecule is COC(C)[C@H](N)C(=O)O. The molecule has 54 valence electrons. The lowest BCUT2D eigenvalue weighted by Gasteiger charge is -2.12. The molecule has 0 aromatic rings. The maximum atomic E-state index is 10.1. The predicted octanol–water partition coefficient (Wildman–Crippen LogP) is -0.567. The van der Waals surface area contributed by atoms with Gasteiger partial charge in [-0.05, 0) is 6.92 Å². The van der Waals surface area contributed by atoms with Gasteiger partial charge in [0.05, 0.1) is 6.10 Å². The fourth-order valence-corrected chi connectivity index (χ4v) is 0.347. The van der Waals surface area contributed by atoms with Crippen molar-refractivity contribution in [2.75, 3.05) is 7.11 Å². The Kier molecular flexibility index (Phi) is 3.19. The molecule has 0 radical (unpaired) electrons. The normalized spacial score (nSPS) is 16.8. The molecule has 0 saturated heterocycles. The summed E-state index contributed by atoms with van der Waals surface area (Å²) in [7, 11) is 1.42. The number of ether oxygens (including phenoxy) is 1. The lowest BCUT2D eigenvalue weighted by atomic mass is 10.2. The quantitative estimate of drug-likeness (QED) is 0.541. The minimum Gasteiger partial charge on any atom is -0.480 e. The third-order valence-corrected chi connectivity index (χ3v) is 1.16. The summed E-state index contributed by atoms with van der Waals surface area (Å²) in [4.78, 5) is 10.1. The molecule has 0 rings (SSSR count). The number of rotatable bonds is 3. The zero-order valence-electron chi connectivity index (χ0n) is 5.50. The highest BCUT2D eigenvalue weighted by atomic mass is 16.5. The van der Waals surface area contributed by atoms with Gasteiger partial charge in [0.1, 0.15) is 6.04 Å². The average molecular weight is 133 g/mol. The maximum Gasteiger partial charge on any atom is 0.323 e. The molecule has 0 aliphatic heterocycles. The number of methoxy groups -OCH3 is 1. The van der Waals surface area contributed by atoms with Crippen LogP contribution in [0, 0.1) is 0 Å². The van der Waals surface area contributed by atoms with E-state index in [0.29, 0.717) is 0 Å². The summed E-state index contributed by atoms with van der Waals surface area (Å²) in [5.41, 5.74) is 5.15. The Bertz CT molecular complexity index is 104. The van der Waals surface area contributed by atoms with Crippen LogP contribution in [0.3, 0.4) is 0 Å². The van der Waals surface area contributed by atoms with E-state index in [2.05, 4.69) is 4.74 Å². The van der Waals surface area contributed by atoms with Crippen LogP contribution in [0.4, 0.5) is 0 Å². The van der Waals surface area contributed by atoms with Crippen LogP contribution in [0.5, 0.6) is 0 Å². The summed E-state index contributed by atoms with van der Waals surface area (Å²) in [6, 6.07) is -0.921. The molecule has 0 bridgehead atoms. The molecule has 0 aromatic heterocycles. The first-order valence-electron chi connectivity index (χ1n) is 2.60. The molecule has 4 heteroatoms. The first-order valence-corrected chi connectivity index (χ1v) is 2.60. The summed E-state index contributed by atoms with van der Waals surface area (Å²) in [6.45, 7) is 1.61. The highest BCUT2D eigenvalue weighted by molar-refractivity contribution is 5.73. The Balaban J connectivity index is 3.72. The van der Waals surface area contributed by atoms with Gasteiger partial charge in [0, 0.05) is 7.11 Å². The Morgan fingerprint density at radius 1 is 1.78 bits per heavy atom. The molecule has 0 saturated carbocycles. The number of hydrogen-bond acceptors (Lipinski definition) is 3. The van der Waals surface area contributed by atoms with Gasteiger partial charge in [-0.3, -0.25) is 4.79 Å². The number of nitrogens with two attached hydrogens (primary N) is 1. The van der Waals surface area contributed by atoms with Crippen LogP contribution >= 0.6 is 0 Å². The summed E-state index contributed by atoms with van der Waals surface area (Å²) >= 11 is 0. The fraction of sp³-hybridized carbons (Fsp3) is 0.800. The average Bonchev–Trinajstić information content (AvgIpc) is 1.84. The third-order valence-electron chi connectivity index (χ3n) is 1.16. The van der Waals surface area contributed by atoms with Crippen molar-refractivity contribution in [2.45, 2.75) is 19.1 Å². The Morgan fingerprint density at radius 2 is 2.22 bits per heavy atom. The van der Waals surface area contributed by atoms with E-state index in [1.807, 2.05) is 0 Å². The molecule has 0 aliphatic carbocycles. The van der Waals surface area contributed by atoms with E-state index in [1.54, 1.807) is 6.92 Å². The third kappa shape index (κ3) is 2.43. The first kappa shape index (κ1) is 8.39. The van der Waals surface area contributed by atoms with Crippen molar-refractivity contribution in [2.24, 2.45) is 5.73 Å². The van der Waals surface area contributed by atoms with Gasteiger partial charge < -0.3 is 15.6 Å². The second kappa shape index (κ2) is 3.42. The van der Waals surface area contributed by atoms with E-state index < -0.39 is 18.1 Å². The zero-order valence-corrected chi connectivity index (χ0v) is 5.50. The van der Waals surface area contributed by atoms with Crippen molar-refractivity contribution in [1.82, 2.24) is 0 Å². The topological polar surface area (TPSA) is 72.5 Å². The van der Waals surface area contributed by atoms with E-state index in [1.165, 1.54) is 7.11 Å². The highest BCUT2D eigenvalue weighted by Gasteiger charge is 2.18. The van der Waals surface area contributed by atoms with Gasteiger partial charge in [0.2, 0.25) is 0 Å². The van der Waals surface area contributed by atoms with Gasteiger partial charge >= 0.3 is 5.97 Å². The van der Waals surface area contributed by atoms with Crippen LogP contribution in [0.25, 0.3) is 0 Å². The van der Waals surface area contributed by atoms with Crippen LogP contribution in [0.1, 0.15) is 6.92 Å². The smallest absolute Gasteiger partial charge is 0.323 e.